The van der Waals surface area contributed by atoms with E-state index in [4.69, 9.17) is 48.9 Å². The molecule has 12 heteroatoms. The summed E-state index contributed by atoms with van der Waals surface area (Å²) in [6.45, 7) is 0. The lowest BCUT2D eigenvalue weighted by Crippen LogP contribution is -2.14. The third kappa shape index (κ3) is 9.86. The quantitative estimate of drug-likeness (QED) is 0.140. The number of thioether (sulfide) groups is 4. The molecule has 0 spiro atoms. The van der Waals surface area contributed by atoms with E-state index in [1.807, 2.05) is 0 Å². The average Bonchev–Trinajstić information content (AvgIpc) is 3.15. The van der Waals surface area contributed by atoms with Gasteiger partial charge in [-0.2, -0.15) is 0 Å². The minimum absolute atomic E-state index is 0.179. The molecule has 0 radical (unpaired) electrons. The maximum atomic E-state index is 13.3. The predicted octanol–water partition coefficient (Wildman–Crippen LogP) is 10.7. The highest BCUT2D eigenvalue weighted by atomic mass is 32.2. The zero-order valence-electron chi connectivity index (χ0n) is 25.6. The van der Waals surface area contributed by atoms with Crippen molar-refractivity contribution in [2.75, 3.05) is 0 Å². The van der Waals surface area contributed by atoms with Crippen molar-refractivity contribution in [1.82, 2.24) is 0 Å². The first-order valence-corrected chi connectivity index (χ1v) is 19.5. The van der Waals surface area contributed by atoms with Crippen molar-refractivity contribution < 1.29 is 19.2 Å². The second-order valence-electron chi connectivity index (χ2n) is 10.1. The topological polar surface area (TPSA) is 68.3 Å². The number of hydrogen-bond donors (Lipinski definition) is 0. The minimum Gasteiger partial charge on any atom is -0.281 e. The normalized spacial score (nSPS) is 10.6. The molecular formula is C38H22O4S8. The lowest BCUT2D eigenvalue weighted by Gasteiger charge is -2.18. The monoisotopic (exact) mass is 798 g/mol. The van der Waals surface area contributed by atoms with Crippen molar-refractivity contribution in [3.8, 4) is 0 Å². The molecule has 0 aliphatic rings. The Hall–Kier alpha value is -3.46. The summed E-state index contributed by atoms with van der Waals surface area (Å²) in [5, 5.41) is -1.16. The molecule has 0 aliphatic heterocycles. The van der Waals surface area contributed by atoms with Gasteiger partial charge < -0.3 is 0 Å². The molecule has 0 heterocycles. The fourth-order valence-corrected chi connectivity index (χ4v) is 8.75. The Morgan fingerprint density at radius 2 is 0.500 bits per heavy atom. The average molecular weight is 799 g/mol. The summed E-state index contributed by atoms with van der Waals surface area (Å²) >= 11 is 26.7. The van der Waals surface area contributed by atoms with Crippen LogP contribution in [0.25, 0.3) is 0 Å². The smallest absolute Gasteiger partial charge is 0.224 e. The van der Waals surface area contributed by atoms with E-state index < -0.39 is 0 Å². The highest BCUT2D eigenvalue weighted by molar-refractivity contribution is 8.35. The zero-order valence-corrected chi connectivity index (χ0v) is 32.1. The van der Waals surface area contributed by atoms with Crippen LogP contribution in [0.2, 0.25) is 0 Å². The van der Waals surface area contributed by atoms with Crippen LogP contribution in [0.4, 0.5) is 0 Å². The van der Waals surface area contributed by atoms with Crippen molar-refractivity contribution in [3.63, 3.8) is 0 Å². The van der Waals surface area contributed by atoms with Gasteiger partial charge >= 0.3 is 0 Å². The molecule has 5 rings (SSSR count). The van der Waals surface area contributed by atoms with Gasteiger partial charge in [-0.3, -0.25) is 19.2 Å². The lowest BCUT2D eigenvalue weighted by molar-refractivity contribution is 0.108. The van der Waals surface area contributed by atoms with Gasteiger partial charge in [0.05, 0.1) is 16.8 Å². The number of benzene rings is 5. The molecule has 0 saturated heterocycles. The van der Waals surface area contributed by atoms with Gasteiger partial charge in [-0.1, -0.05) is 170 Å². The molecule has 0 unspecified atom stereocenters. The molecule has 0 fully saturated rings. The van der Waals surface area contributed by atoms with Crippen molar-refractivity contribution in [3.05, 3.63) is 178 Å². The molecule has 5 aromatic carbocycles. The second kappa shape index (κ2) is 18.2. The van der Waals surface area contributed by atoms with E-state index in [0.29, 0.717) is 44.5 Å². The Kier molecular flexibility index (Phi) is 13.7. The van der Waals surface area contributed by atoms with Crippen molar-refractivity contribution in [2.24, 2.45) is 0 Å². The number of hydrogen-bond acceptors (Lipinski definition) is 12. The van der Waals surface area contributed by atoms with Crippen LogP contribution in [0.5, 0.6) is 0 Å². The lowest BCUT2D eigenvalue weighted by atomic mass is 10.0. The fraction of sp³-hybridized carbons (Fsp3) is 0. The van der Waals surface area contributed by atoms with Gasteiger partial charge in [-0.05, 0) is 59.2 Å². The fourth-order valence-electron chi connectivity index (χ4n) is 4.36. The van der Waals surface area contributed by atoms with Crippen LogP contribution in [0.3, 0.4) is 0 Å². The van der Waals surface area contributed by atoms with E-state index in [9.17, 15) is 19.2 Å². The largest absolute Gasteiger partial charge is 0.281 e. The van der Waals surface area contributed by atoms with E-state index in [2.05, 4.69) is 0 Å². The van der Waals surface area contributed by atoms with E-state index in [1.54, 1.807) is 133 Å². The first-order valence-electron chi connectivity index (χ1n) is 14.6. The summed E-state index contributed by atoms with van der Waals surface area (Å²) in [6, 6.07) is 38.1. The summed E-state index contributed by atoms with van der Waals surface area (Å²) < 4.78 is 0.714. The summed E-state index contributed by atoms with van der Waals surface area (Å²) in [5.74, 6) is 0. The van der Waals surface area contributed by atoms with Crippen molar-refractivity contribution in [2.45, 2.75) is 0 Å². The van der Waals surface area contributed by atoms with Crippen LogP contribution in [0.15, 0.2) is 133 Å². The maximum Gasteiger partial charge on any atom is 0.224 e. The minimum atomic E-state index is -0.290. The van der Waals surface area contributed by atoms with Crippen LogP contribution >= 0.6 is 95.9 Å². The molecule has 0 N–H and O–H groups in total. The molecule has 0 amide bonds. The first-order chi connectivity index (χ1) is 24.1. The molecule has 0 aliphatic carbocycles. The summed E-state index contributed by atoms with van der Waals surface area (Å²) in [6.07, 6.45) is 0. The standard InChI is InChI=1S/C38H22O4S8/c39-31(23-13-5-1-6-14-23)47-35(43)27-21-29(37(45)49-33(41)25-17-9-3-10-18-25)30(38(46)50-34(42)26-19-11-4-12-20-26)22-28(27)36(44)48-32(40)24-15-7-2-8-16-24/h1-22H. The number of rotatable bonds is 8. The Balaban J connectivity index is 1.60. The van der Waals surface area contributed by atoms with Gasteiger partial charge in [-0.25, -0.2) is 0 Å². The molecular weight excluding hydrogens is 777 g/mol. The van der Waals surface area contributed by atoms with E-state index in [-0.39, 0.29) is 37.2 Å². The molecule has 50 heavy (non-hydrogen) atoms. The third-order valence-electron chi connectivity index (χ3n) is 6.82. The molecule has 4 nitrogen and oxygen atoms in total. The van der Waals surface area contributed by atoms with E-state index in [1.165, 1.54) is 0 Å². The van der Waals surface area contributed by atoms with Crippen LogP contribution in [-0.2, 0) is 0 Å². The first kappa shape index (κ1) is 37.8. The second-order valence-corrected chi connectivity index (χ2v) is 16.7. The highest BCUT2D eigenvalue weighted by Gasteiger charge is 2.26. The van der Waals surface area contributed by atoms with Crippen molar-refractivity contribution in [1.29, 1.82) is 0 Å². The van der Waals surface area contributed by atoms with Crippen molar-refractivity contribution >= 4 is 133 Å². The summed E-state index contributed by atoms with van der Waals surface area (Å²) in [4.78, 5) is 53.1. The molecule has 5 aromatic rings. The van der Waals surface area contributed by atoms with Gasteiger partial charge in [0, 0.05) is 44.5 Å². The Bertz CT molecular complexity index is 1830. The maximum absolute atomic E-state index is 13.3. The Morgan fingerprint density at radius 1 is 0.320 bits per heavy atom. The van der Waals surface area contributed by atoms with Crippen LogP contribution in [0.1, 0.15) is 63.7 Å². The Labute approximate surface area is 327 Å². The highest BCUT2D eigenvalue weighted by Crippen LogP contribution is 2.34. The van der Waals surface area contributed by atoms with Gasteiger partial charge in [0.2, 0.25) is 20.5 Å². The number of thiocarbonyl (C=S) groups is 4. The van der Waals surface area contributed by atoms with Gasteiger partial charge in [0.1, 0.15) is 0 Å². The van der Waals surface area contributed by atoms with Crippen LogP contribution in [0, 0.1) is 0 Å². The predicted molar refractivity (Wildman–Crippen MR) is 227 cm³/mol. The molecule has 0 atom stereocenters. The summed E-state index contributed by atoms with van der Waals surface area (Å²) in [7, 11) is 0. The zero-order chi connectivity index (χ0) is 35.6. The van der Waals surface area contributed by atoms with Crippen LogP contribution in [-0.4, -0.2) is 37.2 Å². The molecule has 0 saturated carbocycles. The molecule has 246 valence electrons. The number of carbonyl (C=O) groups is 4. The Morgan fingerprint density at radius 3 is 0.680 bits per heavy atom. The van der Waals surface area contributed by atoms with Crippen LogP contribution < -0.4 is 0 Å². The summed E-state index contributed by atoms with van der Waals surface area (Å²) in [5.41, 5.74) is 3.26. The number of carbonyl (C=O) groups excluding carboxylic acids is 4. The molecule has 0 aromatic heterocycles. The third-order valence-corrected chi connectivity index (χ3v) is 12.0. The molecule has 0 bridgehead atoms. The van der Waals surface area contributed by atoms with Gasteiger partial charge in [0.15, 0.2) is 0 Å². The van der Waals surface area contributed by atoms with E-state index in [0.717, 1.165) is 47.0 Å². The van der Waals surface area contributed by atoms with E-state index >= 15 is 0 Å². The van der Waals surface area contributed by atoms with Gasteiger partial charge in [0.25, 0.3) is 0 Å². The SMILES string of the molecule is O=C(SC(=S)c1cc(C(=S)SC(=O)c2ccccc2)c(C(=S)SC(=O)c2ccccc2)cc1C(=S)SC(=O)c1ccccc1)c1ccccc1. The van der Waals surface area contributed by atoms with Gasteiger partial charge in [-0.15, -0.1) is 0 Å².